The minimum atomic E-state index is -0.649. The van der Waals surface area contributed by atoms with Gasteiger partial charge in [0.25, 0.3) is 0 Å². The first-order valence-electron chi connectivity index (χ1n) is 9.87. The summed E-state index contributed by atoms with van der Waals surface area (Å²) in [5.41, 5.74) is 0.462. The summed E-state index contributed by atoms with van der Waals surface area (Å²) in [6.45, 7) is 7.36. The molecule has 4 heterocycles. The van der Waals surface area contributed by atoms with Crippen LogP contribution < -0.4 is 5.32 Å². The van der Waals surface area contributed by atoms with Gasteiger partial charge in [-0.05, 0) is 12.8 Å². The van der Waals surface area contributed by atoms with E-state index in [9.17, 15) is 5.11 Å². The molecule has 0 spiro atoms. The molecule has 0 radical (unpaired) electrons. The lowest BCUT2D eigenvalue weighted by Gasteiger charge is -2.57. The lowest BCUT2D eigenvalue weighted by molar-refractivity contribution is -0.221. The molecule has 7 nitrogen and oxygen atoms in total. The summed E-state index contributed by atoms with van der Waals surface area (Å²) >= 11 is 0. The molecule has 0 amide bonds. The van der Waals surface area contributed by atoms with Crippen LogP contribution in [-0.4, -0.2) is 71.1 Å². The van der Waals surface area contributed by atoms with Crippen molar-refractivity contribution >= 4 is 5.95 Å². The first-order chi connectivity index (χ1) is 12.7. The maximum absolute atomic E-state index is 11.4. The zero-order chi connectivity index (χ0) is 18.0. The van der Waals surface area contributed by atoms with E-state index >= 15 is 0 Å². The molecule has 0 aliphatic carbocycles. The van der Waals surface area contributed by atoms with Crippen LogP contribution in [0.4, 0.5) is 5.95 Å². The molecule has 1 aromatic heterocycles. The smallest absolute Gasteiger partial charge is 0.222 e. The second kappa shape index (κ2) is 7.76. The van der Waals surface area contributed by atoms with Crippen molar-refractivity contribution in [3.63, 3.8) is 0 Å². The second-order valence-corrected chi connectivity index (χ2v) is 7.82. The quantitative estimate of drug-likeness (QED) is 0.817. The molecule has 3 aliphatic heterocycles. The molecule has 4 atom stereocenters. The topological polar surface area (TPSA) is 79.7 Å². The van der Waals surface area contributed by atoms with Crippen molar-refractivity contribution < 1.29 is 14.6 Å². The van der Waals surface area contributed by atoms with Crippen molar-refractivity contribution in [1.82, 2.24) is 14.9 Å². The average molecular weight is 362 g/mol. The van der Waals surface area contributed by atoms with Crippen LogP contribution in [-0.2, 0) is 16.0 Å². The van der Waals surface area contributed by atoms with Gasteiger partial charge in [-0.2, -0.15) is 0 Å². The lowest BCUT2D eigenvalue weighted by Crippen LogP contribution is -2.67. The molecule has 2 N–H and O–H groups in total. The molecule has 0 bridgehead atoms. The van der Waals surface area contributed by atoms with E-state index < -0.39 is 5.60 Å². The number of hydrogen-bond acceptors (Lipinski definition) is 7. The van der Waals surface area contributed by atoms with Gasteiger partial charge in [0.2, 0.25) is 5.95 Å². The summed E-state index contributed by atoms with van der Waals surface area (Å²) in [5.74, 6) is 0.990. The molecule has 1 aromatic rings. The van der Waals surface area contributed by atoms with E-state index in [1.807, 2.05) is 12.4 Å². The fourth-order valence-corrected chi connectivity index (χ4v) is 4.75. The molecule has 26 heavy (non-hydrogen) atoms. The van der Waals surface area contributed by atoms with Crippen molar-refractivity contribution in [2.75, 3.05) is 44.8 Å². The Morgan fingerprint density at radius 2 is 2.08 bits per heavy atom. The molecule has 3 saturated heterocycles. The van der Waals surface area contributed by atoms with Crippen LogP contribution in [0.5, 0.6) is 0 Å². The van der Waals surface area contributed by atoms with E-state index in [0.717, 1.165) is 51.1 Å². The third-order valence-electron chi connectivity index (χ3n) is 6.18. The molecule has 3 fully saturated rings. The van der Waals surface area contributed by atoms with Gasteiger partial charge in [-0.15, -0.1) is 0 Å². The summed E-state index contributed by atoms with van der Waals surface area (Å²) in [6.07, 6.45) is 6.57. The average Bonchev–Trinajstić information content (AvgIpc) is 2.68. The first-order valence-corrected chi connectivity index (χ1v) is 9.87. The Morgan fingerprint density at radius 3 is 2.88 bits per heavy atom. The highest BCUT2D eigenvalue weighted by Gasteiger charge is 2.55. The third kappa shape index (κ3) is 3.45. The number of rotatable bonds is 5. The highest BCUT2D eigenvalue weighted by molar-refractivity contribution is 5.24. The molecule has 7 heteroatoms. The molecule has 0 saturated carbocycles. The van der Waals surface area contributed by atoms with Crippen LogP contribution in [0, 0.1) is 11.8 Å². The second-order valence-electron chi connectivity index (χ2n) is 7.82. The van der Waals surface area contributed by atoms with Crippen LogP contribution in [0.25, 0.3) is 0 Å². The van der Waals surface area contributed by atoms with Gasteiger partial charge in [0.1, 0.15) is 0 Å². The minimum Gasteiger partial charge on any atom is -0.389 e. The van der Waals surface area contributed by atoms with E-state index in [1.165, 1.54) is 0 Å². The van der Waals surface area contributed by atoms with Crippen LogP contribution >= 0.6 is 0 Å². The number of piperidine rings is 1. The third-order valence-corrected chi connectivity index (χ3v) is 6.18. The van der Waals surface area contributed by atoms with E-state index in [-0.39, 0.29) is 11.8 Å². The van der Waals surface area contributed by atoms with Crippen molar-refractivity contribution in [2.24, 2.45) is 11.8 Å². The van der Waals surface area contributed by atoms with Gasteiger partial charge < -0.3 is 19.9 Å². The minimum absolute atomic E-state index is 0.144. The van der Waals surface area contributed by atoms with Gasteiger partial charge in [-0.25, -0.2) is 9.97 Å². The molecule has 3 aliphatic rings. The summed E-state index contributed by atoms with van der Waals surface area (Å²) in [4.78, 5) is 11.4. The molecular weight excluding hydrogens is 332 g/mol. The van der Waals surface area contributed by atoms with Crippen LogP contribution in [0.1, 0.15) is 31.7 Å². The number of aromatic nitrogens is 2. The summed E-state index contributed by atoms with van der Waals surface area (Å²) in [6, 6.07) is 0.348. The number of hydrogen-bond donors (Lipinski definition) is 2. The zero-order valence-corrected chi connectivity index (χ0v) is 15.6. The Bertz CT molecular complexity index is 599. The SMILES string of the molecule is CCCNc1ncc(CN2C[C@@H]3COCC[C@]3(O)[C@H]3COCC[C@H]32)cn1. The number of likely N-dealkylation sites (tertiary alicyclic amines) is 1. The summed E-state index contributed by atoms with van der Waals surface area (Å²) in [5, 5.41) is 14.6. The van der Waals surface area contributed by atoms with Crippen molar-refractivity contribution in [3.05, 3.63) is 18.0 Å². The summed E-state index contributed by atoms with van der Waals surface area (Å²) < 4.78 is 11.4. The number of ether oxygens (including phenoxy) is 2. The fraction of sp³-hybridized carbons (Fsp3) is 0.789. The van der Waals surface area contributed by atoms with Crippen LogP contribution in [0.15, 0.2) is 12.4 Å². The number of nitrogens with one attached hydrogen (secondary N) is 1. The van der Waals surface area contributed by atoms with Gasteiger partial charge in [-0.3, -0.25) is 4.90 Å². The van der Waals surface area contributed by atoms with E-state index in [2.05, 4.69) is 27.1 Å². The lowest BCUT2D eigenvalue weighted by atomic mass is 9.66. The van der Waals surface area contributed by atoms with Crippen LogP contribution in [0.3, 0.4) is 0 Å². The predicted molar refractivity (Wildman–Crippen MR) is 97.8 cm³/mol. The maximum atomic E-state index is 11.4. The predicted octanol–water partition coefficient (Wildman–Crippen LogP) is 1.29. The van der Waals surface area contributed by atoms with Crippen LogP contribution in [0.2, 0.25) is 0 Å². The van der Waals surface area contributed by atoms with Gasteiger partial charge >= 0.3 is 0 Å². The van der Waals surface area contributed by atoms with E-state index in [1.54, 1.807) is 0 Å². The standard InChI is InChI=1S/C19H30N4O3/c1-2-5-20-18-21-8-14(9-22-18)10-23-11-15-12-26-7-4-19(15,24)16-13-25-6-3-17(16)23/h8-9,15-17,24H,2-7,10-13H2,1H3,(H,20,21,22)/t15-,16+,17-,19-/m1/s1. The Balaban J connectivity index is 1.48. The Kier molecular flexibility index (Phi) is 5.40. The zero-order valence-electron chi connectivity index (χ0n) is 15.6. The van der Waals surface area contributed by atoms with E-state index in [4.69, 9.17) is 9.47 Å². The van der Waals surface area contributed by atoms with Gasteiger partial charge in [0.05, 0.1) is 18.8 Å². The first kappa shape index (κ1) is 18.1. The molecule has 0 unspecified atom stereocenters. The van der Waals surface area contributed by atoms with Gasteiger partial charge in [0, 0.05) is 75.1 Å². The molecule has 144 valence electrons. The largest absolute Gasteiger partial charge is 0.389 e. The van der Waals surface area contributed by atoms with Gasteiger partial charge in [-0.1, -0.05) is 6.92 Å². The van der Waals surface area contributed by atoms with Crippen molar-refractivity contribution in [2.45, 2.75) is 44.4 Å². The number of aliphatic hydroxyl groups is 1. The van der Waals surface area contributed by atoms with Crippen molar-refractivity contribution in [3.8, 4) is 0 Å². The monoisotopic (exact) mass is 362 g/mol. The van der Waals surface area contributed by atoms with E-state index in [0.29, 0.717) is 31.8 Å². The fourth-order valence-electron chi connectivity index (χ4n) is 4.75. The number of anilines is 1. The van der Waals surface area contributed by atoms with Crippen molar-refractivity contribution in [1.29, 1.82) is 0 Å². The molecule has 4 rings (SSSR count). The summed E-state index contributed by atoms with van der Waals surface area (Å²) in [7, 11) is 0. The number of fused-ring (bicyclic) bond motifs is 3. The normalized spacial score (nSPS) is 34.8. The van der Waals surface area contributed by atoms with Gasteiger partial charge in [0.15, 0.2) is 0 Å². The Labute approximate surface area is 155 Å². The molecule has 0 aromatic carbocycles. The number of nitrogens with zero attached hydrogens (tertiary/aromatic N) is 3. The highest BCUT2D eigenvalue weighted by atomic mass is 16.5. The highest BCUT2D eigenvalue weighted by Crippen LogP contribution is 2.44. The Hall–Kier alpha value is -1.28. The maximum Gasteiger partial charge on any atom is 0.222 e. The molecular formula is C19H30N4O3. The Morgan fingerprint density at radius 1 is 1.27 bits per heavy atom.